The Morgan fingerprint density at radius 2 is 1.67 bits per heavy atom. The number of ether oxygens (including phenoxy) is 1. The van der Waals surface area contributed by atoms with Gasteiger partial charge in [0, 0.05) is 0 Å². The Balaban J connectivity index is 4.37. The monoisotopic (exact) mass is 180 g/mol. The Morgan fingerprint density at radius 3 is 1.92 bits per heavy atom. The third-order valence-electron chi connectivity index (χ3n) is 2.06. The van der Waals surface area contributed by atoms with E-state index in [0.29, 0.717) is 6.42 Å². The van der Waals surface area contributed by atoms with Crippen molar-refractivity contribution in [3.8, 4) is 0 Å². The topological polar surface area (TPSA) is 9.23 Å². The lowest BCUT2D eigenvalue weighted by Gasteiger charge is -2.33. The Morgan fingerprint density at radius 1 is 1.25 bits per heavy atom. The molecule has 0 aliphatic heterocycles. The minimum atomic E-state index is -3.03. The number of halogens is 2. The number of hydrogen-bond acceptors (Lipinski definition) is 1. The van der Waals surface area contributed by atoms with Crippen LogP contribution in [0, 0.1) is 5.41 Å². The summed E-state index contributed by atoms with van der Waals surface area (Å²) in [6.07, 6.45) is -3.08. The van der Waals surface area contributed by atoms with E-state index in [1.807, 2.05) is 0 Å². The van der Waals surface area contributed by atoms with Gasteiger partial charge in [-0.3, -0.25) is 0 Å². The standard InChI is InChI=1S/C9H18F2O/c1-6-8(4,5)9(10,11)12-7(2)3/h7H,6H2,1-5H3. The molecular formula is C9H18F2O. The first kappa shape index (κ1) is 11.8. The van der Waals surface area contributed by atoms with Gasteiger partial charge in [-0.15, -0.1) is 0 Å². The molecule has 0 spiro atoms. The Labute approximate surface area is 73.1 Å². The van der Waals surface area contributed by atoms with E-state index < -0.39 is 17.6 Å². The average Bonchev–Trinajstić information content (AvgIpc) is 1.84. The third-order valence-corrected chi connectivity index (χ3v) is 2.06. The summed E-state index contributed by atoms with van der Waals surface area (Å²) in [5.74, 6) is 0. The second-order valence-corrected chi connectivity index (χ2v) is 3.92. The van der Waals surface area contributed by atoms with Crippen LogP contribution in [0.2, 0.25) is 0 Å². The van der Waals surface area contributed by atoms with Gasteiger partial charge in [0.05, 0.1) is 11.5 Å². The first-order chi connectivity index (χ1) is 5.23. The minimum Gasteiger partial charge on any atom is -0.317 e. The molecule has 0 amide bonds. The largest absolute Gasteiger partial charge is 0.360 e. The molecule has 0 radical (unpaired) electrons. The fourth-order valence-electron chi connectivity index (χ4n) is 0.661. The zero-order chi connectivity index (χ0) is 9.99. The molecule has 0 fully saturated rings. The van der Waals surface area contributed by atoms with E-state index in [4.69, 9.17) is 0 Å². The molecule has 0 atom stereocenters. The van der Waals surface area contributed by atoms with E-state index >= 15 is 0 Å². The molecule has 0 heterocycles. The van der Waals surface area contributed by atoms with Crippen LogP contribution < -0.4 is 0 Å². The molecule has 0 aromatic heterocycles. The van der Waals surface area contributed by atoms with Crippen molar-refractivity contribution in [3.05, 3.63) is 0 Å². The molecule has 0 aromatic carbocycles. The van der Waals surface area contributed by atoms with Gasteiger partial charge < -0.3 is 4.74 Å². The molecule has 0 saturated heterocycles. The highest BCUT2D eigenvalue weighted by molar-refractivity contribution is 4.77. The smallest absolute Gasteiger partial charge is 0.317 e. The van der Waals surface area contributed by atoms with Gasteiger partial charge in [-0.05, 0) is 20.3 Å². The van der Waals surface area contributed by atoms with Gasteiger partial charge in [0.2, 0.25) is 0 Å². The molecule has 0 saturated carbocycles. The number of hydrogen-bond donors (Lipinski definition) is 0. The van der Waals surface area contributed by atoms with Crippen molar-refractivity contribution in [2.24, 2.45) is 5.41 Å². The summed E-state index contributed by atoms with van der Waals surface area (Å²) in [7, 11) is 0. The van der Waals surface area contributed by atoms with Crippen molar-refractivity contribution in [2.75, 3.05) is 0 Å². The van der Waals surface area contributed by atoms with Crippen LogP contribution in [0.25, 0.3) is 0 Å². The molecule has 1 nitrogen and oxygen atoms in total. The van der Waals surface area contributed by atoms with Crippen LogP contribution in [0.3, 0.4) is 0 Å². The third kappa shape index (κ3) is 2.70. The first-order valence-electron chi connectivity index (χ1n) is 4.28. The van der Waals surface area contributed by atoms with Crippen LogP contribution in [0.15, 0.2) is 0 Å². The molecule has 0 rings (SSSR count). The summed E-state index contributed by atoms with van der Waals surface area (Å²) in [5, 5.41) is 0. The van der Waals surface area contributed by atoms with Crippen molar-refractivity contribution in [2.45, 2.75) is 53.3 Å². The van der Waals surface area contributed by atoms with Crippen LogP contribution in [0.5, 0.6) is 0 Å². The predicted octanol–water partition coefficient (Wildman–Crippen LogP) is 3.44. The zero-order valence-corrected chi connectivity index (χ0v) is 8.45. The molecule has 74 valence electrons. The maximum atomic E-state index is 13.2. The fraction of sp³-hybridized carbons (Fsp3) is 1.00. The van der Waals surface area contributed by atoms with E-state index in [1.54, 1.807) is 20.8 Å². The second kappa shape index (κ2) is 3.69. The molecule has 3 heteroatoms. The molecule has 0 aliphatic rings. The van der Waals surface area contributed by atoms with Crippen LogP contribution in [-0.2, 0) is 4.74 Å². The Kier molecular flexibility index (Phi) is 3.63. The summed E-state index contributed by atoms with van der Waals surface area (Å²) in [5.41, 5.74) is -1.09. The highest BCUT2D eigenvalue weighted by atomic mass is 19.3. The molecule has 0 unspecified atom stereocenters. The van der Waals surface area contributed by atoms with Crippen molar-refractivity contribution in [1.82, 2.24) is 0 Å². The number of alkyl halides is 2. The van der Waals surface area contributed by atoms with Gasteiger partial charge >= 0.3 is 6.11 Å². The molecule has 0 N–H and O–H groups in total. The summed E-state index contributed by atoms with van der Waals surface area (Å²) >= 11 is 0. The van der Waals surface area contributed by atoms with Crippen molar-refractivity contribution in [3.63, 3.8) is 0 Å². The van der Waals surface area contributed by atoms with Gasteiger partial charge in [0.15, 0.2) is 0 Å². The fourth-order valence-corrected chi connectivity index (χ4v) is 0.661. The van der Waals surface area contributed by atoms with Gasteiger partial charge in [-0.1, -0.05) is 20.8 Å². The molecule has 0 bridgehead atoms. The lowest BCUT2D eigenvalue weighted by Crippen LogP contribution is -2.40. The first-order valence-corrected chi connectivity index (χ1v) is 4.28. The lowest BCUT2D eigenvalue weighted by atomic mass is 9.89. The normalized spacial score (nSPS) is 14.0. The van der Waals surface area contributed by atoms with Crippen molar-refractivity contribution in [1.29, 1.82) is 0 Å². The highest BCUT2D eigenvalue weighted by Crippen LogP contribution is 2.40. The molecular weight excluding hydrogens is 162 g/mol. The van der Waals surface area contributed by atoms with E-state index in [9.17, 15) is 8.78 Å². The van der Waals surface area contributed by atoms with E-state index in [2.05, 4.69) is 4.74 Å². The maximum Gasteiger partial charge on any atom is 0.360 e. The zero-order valence-electron chi connectivity index (χ0n) is 8.45. The van der Waals surface area contributed by atoms with Crippen LogP contribution in [0.4, 0.5) is 8.78 Å². The van der Waals surface area contributed by atoms with Gasteiger partial charge in [0.25, 0.3) is 0 Å². The molecule has 0 aromatic rings. The Hall–Kier alpha value is -0.180. The SMILES string of the molecule is CCC(C)(C)C(F)(F)OC(C)C. The summed E-state index contributed by atoms with van der Waals surface area (Å²) in [6.45, 7) is 7.97. The van der Waals surface area contributed by atoms with Crippen molar-refractivity contribution < 1.29 is 13.5 Å². The summed E-state index contributed by atoms with van der Waals surface area (Å²) in [6, 6.07) is 0. The van der Waals surface area contributed by atoms with Crippen LogP contribution in [-0.4, -0.2) is 12.2 Å². The Bertz CT molecular complexity index is 141. The quantitative estimate of drug-likeness (QED) is 0.644. The van der Waals surface area contributed by atoms with Gasteiger partial charge in [0.1, 0.15) is 0 Å². The van der Waals surface area contributed by atoms with Crippen LogP contribution >= 0.6 is 0 Å². The lowest BCUT2D eigenvalue weighted by molar-refractivity contribution is -0.314. The van der Waals surface area contributed by atoms with E-state index in [1.165, 1.54) is 13.8 Å². The maximum absolute atomic E-state index is 13.2. The summed E-state index contributed by atoms with van der Waals surface area (Å²) < 4.78 is 31.0. The highest BCUT2D eigenvalue weighted by Gasteiger charge is 2.47. The number of rotatable bonds is 4. The van der Waals surface area contributed by atoms with E-state index in [0.717, 1.165) is 0 Å². The predicted molar refractivity (Wildman–Crippen MR) is 45.2 cm³/mol. The van der Waals surface area contributed by atoms with Crippen molar-refractivity contribution >= 4 is 0 Å². The molecule has 0 aliphatic carbocycles. The minimum absolute atomic E-state index is 0.396. The van der Waals surface area contributed by atoms with Crippen LogP contribution in [0.1, 0.15) is 41.0 Å². The van der Waals surface area contributed by atoms with E-state index in [-0.39, 0.29) is 0 Å². The van der Waals surface area contributed by atoms with Gasteiger partial charge in [-0.25, -0.2) is 0 Å². The second-order valence-electron chi connectivity index (χ2n) is 3.92. The average molecular weight is 180 g/mol. The molecule has 12 heavy (non-hydrogen) atoms. The van der Waals surface area contributed by atoms with Gasteiger partial charge in [-0.2, -0.15) is 8.78 Å². The summed E-state index contributed by atoms with van der Waals surface area (Å²) in [4.78, 5) is 0.